The van der Waals surface area contributed by atoms with Gasteiger partial charge in [-0.15, -0.1) is 0 Å². The van der Waals surface area contributed by atoms with Crippen LogP contribution < -0.4 is 0 Å². The lowest BCUT2D eigenvalue weighted by Crippen LogP contribution is -2.47. The maximum atomic E-state index is 12.5. The van der Waals surface area contributed by atoms with E-state index < -0.39 is 27.8 Å². The van der Waals surface area contributed by atoms with E-state index in [1.54, 1.807) is 4.90 Å². The molecule has 1 N–H and O–H groups in total. The van der Waals surface area contributed by atoms with Gasteiger partial charge in [0, 0.05) is 45.5 Å². The molecule has 9 nitrogen and oxygen atoms in total. The molecule has 2 aliphatic heterocycles. The van der Waals surface area contributed by atoms with Crippen molar-refractivity contribution in [3.8, 4) is 6.07 Å². The molecule has 0 spiro atoms. The monoisotopic (exact) mass is 370 g/mol. The normalized spacial score (nSPS) is 21.0. The molecule has 0 radical (unpaired) electrons. The first-order valence-corrected chi connectivity index (χ1v) is 9.90. The van der Waals surface area contributed by atoms with E-state index in [0.29, 0.717) is 52.1 Å². The number of carbonyl (C=O) groups is 2. The number of carboxylic acid groups (broad SMARTS) is 1. The number of aliphatic carboxylic acids is 1. The molecule has 0 aromatic carbocycles. The van der Waals surface area contributed by atoms with Crippen molar-refractivity contribution in [1.82, 2.24) is 14.1 Å². The summed E-state index contributed by atoms with van der Waals surface area (Å²) < 4.78 is 24.4. The van der Waals surface area contributed by atoms with Crippen LogP contribution in [0.2, 0.25) is 0 Å². The number of carbonyl (C=O) groups excluding carboxylic acids is 1. The van der Waals surface area contributed by atoms with Crippen molar-refractivity contribution < 1.29 is 23.1 Å². The van der Waals surface area contributed by atoms with Crippen molar-refractivity contribution in [3.63, 3.8) is 0 Å². The van der Waals surface area contributed by atoms with E-state index in [1.165, 1.54) is 15.4 Å². The summed E-state index contributed by atoms with van der Waals surface area (Å²) in [5.41, 5.74) is -0.0124. The Morgan fingerprint density at radius 3 is 2.12 bits per heavy atom. The van der Waals surface area contributed by atoms with Crippen LogP contribution in [0.15, 0.2) is 11.8 Å². The van der Waals surface area contributed by atoms with Gasteiger partial charge in [0.1, 0.15) is 11.6 Å². The van der Waals surface area contributed by atoms with Gasteiger partial charge in [0.05, 0.1) is 12.2 Å². The summed E-state index contributed by atoms with van der Waals surface area (Å²) in [5.74, 6) is -1.70. The average molecular weight is 370 g/mol. The van der Waals surface area contributed by atoms with Crippen LogP contribution in [0.25, 0.3) is 0 Å². The second kappa shape index (κ2) is 7.84. The molecule has 2 rings (SSSR count). The topological polar surface area (TPSA) is 122 Å². The molecular weight excluding hydrogens is 348 g/mol. The van der Waals surface area contributed by atoms with Gasteiger partial charge in [0.15, 0.2) is 0 Å². The van der Waals surface area contributed by atoms with Gasteiger partial charge in [0.2, 0.25) is 10.0 Å². The lowest BCUT2D eigenvalue weighted by molar-refractivity contribution is -0.145. The zero-order valence-electron chi connectivity index (χ0n) is 14.1. The molecule has 0 bridgehead atoms. The number of amides is 1. The largest absolute Gasteiger partial charge is 0.481 e. The van der Waals surface area contributed by atoms with Crippen molar-refractivity contribution in [1.29, 1.82) is 5.26 Å². The molecule has 0 aromatic rings. The zero-order valence-corrected chi connectivity index (χ0v) is 14.9. The van der Waals surface area contributed by atoms with Gasteiger partial charge >= 0.3 is 5.97 Å². The number of carboxylic acids is 1. The van der Waals surface area contributed by atoms with E-state index >= 15 is 0 Å². The molecule has 2 aliphatic rings. The average Bonchev–Trinajstić information content (AvgIpc) is 2.58. The summed E-state index contributed by atoms with van der Waals surface area (Å²) in [7, 11) is -3.23. The standard InChI is InChI=1S/C15H22N4O5S/c1-25(23,24)19-8-6-17(7-9-19)11-13(10-16)14(20)18-4-2-12(3-5-18)15(21)22/h11-12H,2-9H2,1H3,(H,21,22)/b13-11-. The van der Waals surface area contributed by atoms with E-state index in [-0.39, 0.29) is 5.57 Å². The van der Waals surface area contributed by atoms with Crippen LogP contribution in [-0.4, -0.2) is 85.0 Å². The third-order valence-electron chi connectivity index (χ3n) is 4.54. The number of piperidine rings is 1. The van der Waals surface area contributed by atoms with E-state index in [9.17, 15) is 23.3 Å². The fraction of sp³-hybridized carbons (Fsp3) is 0.667. The molecule has 10 heteroatoms. The van der Waals surface area contributed by atoms with Crippen LogP contribution in [-0.2, 0) is 19.6 Å². The summed E-state index contributed by atoms with van der Waals surface area (Å²) in [4.78, 5) is 26.7. The summed E-state index contributed by atoms with van der Waals surface area (Å²) in [6.07, 6.45) is 3.40. The van der Waals surface area contributed by atoms with Crippen LogP contribution in [0.3, 0.4) is 0 Å². The quantitative estimate of drug-likeness (QED) is 0.512. The van der Waals surface area contributed by atoms with Crippen molar-refractivity contribution >= 4 is 21.9 Å². The summed E-state index contributed by atoms with van der Waals surface area (Å²) in [6.45, 7) is 2.07. The van der Waals surface area contributed by atoms with Gasteiger partial charge in [-0.05, 0) is 12.8 Å². The molecule has 0 atom stereocenters. The second-order valence-electron chi connectivity index (χ2n) is 6.26. The van der Waals surface area contributed by atoms with Gasteiger partial charge in [-0.25, -0.2) is 8.42 Å². The van der Waals surface area contributed by atoms with Gasteiger partial charge in [-0.1, -0.05) is 0 Å². The fourth-order valence-corrected chi connectivity index (χ4v) is 3.81. The number of sulfonamides is 1. The smallest absolute Gasteiger partial charge is 0.306 e. The molecule has 1 amide bonds. The molecule has 0 unspecified atom stereocenters. The Labute approximate surface area is 147 Å². The Bertz CT molecular complexity index is 696. The minimum atomic E-state index is -3.23. The molecule has 2 fully saturated rings. The van der Waals surface area contributed by atoms with E-state index in [1.807, 2.05) is 6.07 Å². The number of rotatable bonds is 4. The highest BCUT2D eigenvalue weighted by Gasteiger charge is 2.29. The molecule has 0 aromatic heterocycles. The van der Waals surface area contributed by atoms with Crippen LogP contribution in [0.4, 0.5) is 0 Å². The van der Waals surface area contributed by atoms with Gasteiger partial charge in [0.25, 0.3) is 5.91 Å². The summed E-state index contributed by atoms with van der Waals surface area (Å²) >= 11 is 0. The van der Waals surface area contributed by atoms with Crippen LogP contribution in [0, 0.1) is 17.2 Å². The zero-order chi connectivity index (χ0) is 18.6. The van der Waals surface area contributed by atoms with Gasteiger partial charge in [-0.2, -0.15) is 9.57 Å². The third kappa shape index (κ3) is 4.93. The van der Waals surface area contributed by atoms with Crippen LogP contribution >= 0.6 is 0 Å². The first-order valence-electron chi connectivity index (χ1n) is 8.05. The molecule has 0 aliphatic carbocycles. The fourth-order valence-electron chi connectivity index (χ4n) is 2.98. The Morgan fingerprint density at radius 1 is 1.12 bits per heavy atom. The van der Waals surface area contributed by atoms with Crippen molar-refractivity contribution in [2.45, 2.75) is 12.8 Å². The summed E-state index contributed by atoms with van der Waals surface area (Å²) in [5, 5.41) is 18.3. The Kier molecular flexibility index (Phi) is 6.02. The predicted octanol–water partition coefficient (Wildman–Crippen LogP) is -0.706. The first-order chi connectivity index (χ1) is 11.7. The maximum absolute atomic E-state index is 12.5. The number of piperazine rings is 1. The SMILES string of the molecule is CS(=O)(=O)N1CCN(/C=C(/C#N)C(=O)N2CCC(C(=O)O)CC2)CC1. The predicted molar refractivity (Wildman–Crippen MR) is 88.6 cm³/mol. The minimum absolute atomic E-state index is 0.0124. The number of hydrogen-bond donors (Lipinski definition) is 1. The van der Waals surface area contributed by atoms with Crippen LogP contribution in [0.5, 0.6) is 0 Å². The van der Waals surface area contributed by atoms with Crippen molar-refractivity contribution in [3.05, 3.63) is 11.8 Å². The lowest BCUT2D eigenvalue weighted by atomic mass is 9.97. The molecule has 138 valence electrons. The minimum Gasteiger partial charge on any atom is -0.481 e. The van der Waals surface area contributed by atoms with Crippen LogP contribution in [0.1, 0.15) is 12.8 Å². The van der Waals surface area contributed by atoms with Gasteiger partial charge < -0.3 is 14.9 Å². The van der Waals surface area contributed by atoms with Gasteiger partial charge in [-0.3, -0.25) is 9.59 Å². The molecule has 25 heavy (non-hydrogen) atoms. The maximum Gasteiger partial charge on any atom is 0.306 e. The number of nitriles is 1. The number of hydrogen-bond acceptors (Lipinski definition) is 6. The van der Waals surface area contributed by atoms with E-state index in [4.69, 9.17) is 5.11 Å². The Balaban J connectivity index is 1.96. The Morgan fingerprint density at radius 2 is 1.68 bits per heavy atom. The first kappa shape index (κ1) is 19.2. The molecule has 0 saturated carbocycles. The summed E-state index contributed by atoms with van der Waals surface area (Å²) in [6, 6.07) is 1.90. The third-order valence-corrected chi connectivity index (χ3v) is 5.84. The highest BCUT2D eigenvalue weighted by atomic mass is 32.2. The molecule has 2 saturated heterocycles. The van der Waals surface area contributed by atoms with Crippen molar-refractivity contribution in [2.75, 3.05) is 45.5 Å². The van der Waals surface area contributed by atoms with E-state index in [0.717, 1.165) is 6.26 Å². The van der Waals surface area contributed by atoms with E-state index in [2.05, 4.69) is 0 Å². The number of likely N-dealkylation sites (tertiary alicyclic amines) is 1. The highest BCUT2D eigenvalue weighted by Crippen LogP contribution is 2.19. The molecular formula is C15H22N4O5S. The molecule has 2 heterocycles. The lowest BCUT2D eigenvalue weighted by Gasteiger charge is -2.33. The Hall–Kier alpha value is -2.12. The number of nitrogens with zero attached hydrogens (tertiary/aromatic N) is 4. The highest BCUT2D eigenvalue weighted by molar-refractivity contribution is 7.88. The second-order valence-corrected chi connectivity index (χ2v) is 8.24. The van der Waals surface area contributed by atoms with Crippen molar-refractivity contribution in [2.24, 2.45) is 5.92 Å².